The fourth-order valence-corrected chi connectivity index (χ4v) is 5.47. The average molecular weight is 442 g/mol. The van der Waals surface area contributed by atoms with E-state index in [4.69, 9.17) is 4.74 Å². The number of piperidine rings is 1. The lowest BCUT2D eigenvalue weighted by atomic mass is 9.73. The second-order valence-electron chi connectivity index (χ2n) is 8.61. The minimum absolute atomic E-state index is 0.0473. The SMILES string of the molecule is Cc1ncsc1C(=O)N1CCC2(CCCCCc3ccccc3OCCNC2=O)CC1. The fraction of sp³-hybridized carbons (Fsp3) is 0.542. The third kappa shape index (κ3) is 4.92. The van der Waals surface area contributed by atoms with E-state index in [9.17, 15) is 9.59 Å². The maximum absolute atomic E-state index is 13.2. The highest BCUT2D eigenvalue weighted by Gasteiger charge is 2.42. The number of thiazole rings is 1. The van der Waals surface area contributed by atoms with Crippen LogP contribution in [0.2, 0.25) is 0 Å². The van der Waals surface area contributed by atoms with Crippen LogP contribution in [0, 0.1) is 12.3 Å². The number of benzene rings is 1. The lowest BCUT2D eigenvalue weighted by Crippen LogP contribution is -2.50. The van der Waals surface area contributed by atoms with Crippen molar-refractivity contribution < 1.29 is 14.3 Å². The number of rotatable bonds is 1. The molecule has 0 saturated carbocycles. The molecule has 2 aromatic rings. The average Bonchev–Trinajstić information content (AvgIpc) is 3.22. The van der Waals surface area contributed by atoms with Gasteiger partial charge in [-0.25, -0.2) is 4.98 Å². The van der Waals surface area contributed by atoms with Gasteiger partial charge < -0.3 is 15.0 Å². The number of nitrogens with one attached hydrogen (secondary N) is 1. The van der Waals surface area contributed by atoms with Gasteiger partial charge in [-0.2, -0.15) is 0 Å². The van der Waals surface area contributed by atoms with Gasteiger partial charge in [0.2, 0.25) is 5.91 Å². The molecule has 3 heterocycles. The Morgan fingerprint density at radius 1 is 1.16 bits per heavy atom. The minimum atomic E-state index is -0.388. The Bertz CT molecular complexity index is 918. The monoisotopic (exact) mass is 441 g/mol. The lowest BCUT2D eigenvalue weighted by molar-refractivity contribution is -0.134. The molecule has 1 spiro atoms. The van der Waals surface area contributed by atoms with Gasteiger partial charge in [0.1, 0.15) is 17.2 Å². The molecule has 4 rings (SSSR count). The highest BCUT2D eigenvalue weighted by Crippen LogP contribution is 2.38. The van der Waals surface area contributed by atoms with Crippen LogP contribution < -0.4 is 10.1 Å². The summed E-state index contributed by atoms with van der Waals surface area (Å²) >= 11 is 1.40. The second kappa shape index (κ2) is 9.81. The van der Waals surface area contributed by atoms with Gasteiger partial charge in [-0.1, -0.05) is 31.0 Å². The predicted molar refractivity (Wildman–Crippen MR) is 122 cm³/mol. The number of nitrogens with zero attached hydrogens (tertiary/aromatic N) is 2. The Morgan fingerprint density at radius 3 is 2.74 bits per heavy atom. The summed E-state index contributed by atoms with van der Waals surface area (Å²) < 4.78 is 5.95. The quantitative estimate of drug-likeness (QED) is 0.727. The van der Waals surface area contributed by atoms with E-state index in [1.807, 2.05) is 24.0 Å². The van der Waals surface area contributed by atoms with Gasteiger partial charge in [-0.15, -0.1) is 11.3 Å². The number of hydrogen-bond donors (Lipinski definition) is 1. The molecule has 1 saturated heterocycles. The highest BCUT2D eigenvalue weighted by atomic mass is 32.1. The second-order valence-corrected chi connectivity index (χ2v) is 9.47. The summed E-state index contributed by atoms with van der Waals surface area (Å²) in [4.78, 5) is 32.9. The number of amides is 2. The van der Waals surface area contributed by atoms with Gasteiger partial charge in [0.15, 0.2) is 0 Å². The number of ether oxygens (including phenoxy) is 1. The summed E-state index contributed by atoms with van der Waals surface area (Å²) in [7, 11) is 0. The highest BCUT2D eigenvalue weighted by molar-refractivity contribution is 7.11. The summed E-state index contributed by atoms with van der Waals surface area (Å²) in [6.45, 7) is 4.07. The zero-order chi connectivity index (χ0) is 21.7. The van der Waals surface area contributed by atoms with Crippen molar-refractivity contribution in [3.63, 3.8) is 0 Å². The van der Waals surface area contributed by atoms with Gasteiger partial charge in [-0.05, 0) is 50.7 Å². The van der Waals surface area contributed by atoms with Crippen LogP contribution in [0.4, 0.5) is 0 Å². The minimum Gasteiger partial charge on any atom is -0.491 e. The fourth-order valence-electron chi connectivity index (χ4n) is 4.70. The van der Waals surface area contributed by atoms with Crippen molar-refractivity contribution in [1.29, 1.82) is 0 Å². The van der Waals surface area contributed by atoms with Crippen LogP contribution in [0.3, 0.4) is 0 Å². The van der Waals surface area contributed by atoms with Crippen LogP contribution in [-0.2, 0) is 11.2 Å². The molecule has 2 amide bonds. The van der Waals surface area contributed by atoms with E-state index in [-0.39, 0.29) is 17.2 Å². The molecule has 166 valence electrons. The van der Waals surface area contributed by atoms with Crippen molar-refractivity contribution in [2.45, 2.75) is 51.9 Å². The van der Waals surface area contributed by atoms with Crippen LogP contribution >= 0.6 is 11.3 Å². The number of fused-ring (bicyclic) bond motifs is 1. The normalized spacial score (nSPS) is 19.9. The molecule has 6 nitrogen and oxygen atoms in total. The summed E-state index contributed by atoms with van der Waals surface area (Å²) in [6.07, 6.45) is 6.51. The largest absolute Gasteiger partial charge is 0.491 e. The first kappa shape index (κ1) is 21.8. The van der Waals surface area contributed by atoms with E-state index >= 15 is 0 Å². The van der Waals surface area contributed by atoms with Gasteiger partial charge in [0, 0.05) is 13.1 Å². The molecule has 2 aliphatic rings. The third-order valence-electron chi connectivity index (χ3n) is 6.65. The van der Waals surface area contributed by atoms with E-state index in [1.54, 1.807) is 5.51 Å². The summed E-state index contributed by atoms with van der Waals surface area (Å²) in [6, 6.07) is 8.19. The zero-order valence-electron chi connectivity index (χ0n) is 18.2. The molecule has 0 unspecified atom stereocenters. The van der Waals surface area contributed by atoms with Crippen molar-refractivity contribution in [3.05, 3.63) is 45.9 Å². The Balaban J connectivity index is 1.40. The Kier molecular flexibility index (Phi) is 6.90. The predicted octanol–water partition coefficient (Wildman–Crippen LogP) is 3.99. The van der Waals surface area contributed by atoms with Crippen LogP contribution in [-0.4, -0.2) is 47.9 Å². The van der Waals surface area contributed by atoms with E-state index < -0.39 is 0 Å². The zero-order valence-corrected chi connectivity index (χ0v) is 19.0. The first-order valence-electron chi connectivity index (χ1n) is 11.3. The number of aromatic nitrogens is 1. The summed E-state index contributed by atoms with van der Waals surface area (Å²) in [5, 5.41) is 3.12. The van der Waals surface area contributed by atoms with E-state index in [2.05, 4.69) is 22.4 Å². The van der Waals surface area contributed by atoms with Crippen LogP contribution in [0.25, 0.3) is 0 Å². The van der Waals surface area contributed by atoms with Crippen molar-refractivity contribution in [2.24, 2.45) is 5.41 Å². The number of likely N-dealkylation sites (tertiary alicyclic amines) is 1. The van der Waals surface area contributed by atoms with Gasteiger partial charge in [0.25, 0.3) is 5.91 Å². The number of carbonyl (C=O) groups is 2. The van der Waals surface area contributed by atoms with Crippen LogP contribution in [0.15, 0.2) is 29.8 Å². The number of hydrogen-bond acceptors (Lipinski definition) is 5. The maximum atomic E-state index is 13.2. The molecule has 1 aromatic heterocycles. The molecule has 7 heteroatoms. The van der Waals surface area contributed by atoms with E-state index in [1.165, 1.54) is 16.9 Å². The van der Waals surface area contributed by atoms with E-state index in [0.717, 1.165) is 43.5 Å². The maximum Gasteiger partial charge on any atom is 0.265 e. The molecule has 0 atom stereocenters. The summed E-state index contributed by atoms with van der Waals surface area (Å²) in [5.74, 6) is 1.09. The van der Waals surface area contributed by atoms with Gasteiger partial charge in [0.05, 0.1) is 23.2 Å². The number of para-hydroxylation sites is 1. The molecule has 31 heavy (non-hydrogen) atoms. The topological polar surface area (TPSA) is 71.5 Å². The third-order valence-corrected chi connectivity index (χ3v) is 7.56. The molecule has 1 aromatic carbocycles. The van der Waals surface area contributed by atoms with Gasteiger partial charge in [-0.3, -0.25) is 9.59 Å². The van der Waals surface area contributed by atoms with E-state index in [0.29, 0.717) is 44.0 Å². The molecular formula is C24H31N3O3S. The van der Waals surface area contributed by atoms with Crippen molar-refractivity contribution in [3.8, 4) is 5.75 Å². The lowest BCUT2D eigenvalue weighted by Gasteiger charge is -2.40. The molecule has 1 N–H and O–H groups in total. The standard InChI is InChI=1S/C24H31N3O3S/c1-18-21(31-17-26-18)22(28)27-14-11-24(12-15-27)10-6-2-3-7-19-8-4-5-9-20(19)30-16-13-25-23(24)29/h4-5,8-9,17H,2-3,6-7,10-16H2,1H3,(H,25,29). The van der Waals surface area contributed by atoms with Crippen molar-refractivity contribution in [1.82, 2.24) is 15.2 Å². The number of aryl methyl sites for hydroxylation is 2. The van der Waals surface area contributed by atoms with Crippen molar-refractivity contribution >= 4 is 23.2 Å². The van der Waals surface area contributed by atoms with Crippen LogP contribution in [0.1, 0.15) is 59.5 Å². The first-order chi connectivity index (χ1) is 15.1. The Hall–Kier alpha value is -2.41. The summed E-state index contributed by atoms with van der Waals surface area (Å²) in [5.41, 5.74) is 3.36. The van der Waals surface area contributed by atoms with Gasteiger partial charge >= 0.3 is 0 Å². The number of carbonyl (C=O) groups excluding carboxylic acids is 2. The molecule has 0 radical (unpaired) electrons. The van der Waals surface area contributed by atoms with Crippen molar-refractivity contribution in [2.75, 3.05) is 26.2 Å². The molecule has 0 aliphatic carbocycles. The molecular weight excluding hydrogens is 410 g/mol. The Labute approximate surface area is 188 Å². The molecule has 0 bridgehead atoms. The van der Waals surface area contributed by atoms with Crippen LogP contribution in [0.5, 0.6) is 5.75 Å². The molecule has 2 aliphatic heterocycles. The molecule has 1 fully saturated rings. The Morgan fingerprint density at radius 2 is 1.97 bits per heavy atom. The smallest absolute Gasteiger partial charge is 0.265 e. The first-order valence-corrected chi connectivity index (χ1v) is 12.2.